The van der Waals surface area contributed by atoms with Crippen molar-refractivity contribution in [1.29, 1.82) is 0 Å². The standard InChI is InChI=1S/C21H25FN4O2/c1-14(2)20(27)25-10-3-4-19(25)21(28)24-11-9-18-17(12-24)23-13-26(18)16-7-5-15(22)6-8-16/h5-8,13-14,19H,3-4,9-12H2,1-2H3. The van der Waals surface area contributed by atoms with Gasteiger partial charge in [-0.3, -0.25) is 9.59 Å². The van der Waals surface area contributed by atoms with Gasteiger partial charge in [-0.15, -0.1) is 0 Å². The maximum Gasteiger partial charge on any atom is 0.245 e. The summed E-state index contributed by atoms with van der Waals surface area (Å²) in [5.41, 5.74) is 2.78. The summed E-state index contributed by atoms with van der Waals surface area (Å²) in [6, 6.07) is 5.96. The molecule has 1 aromatic heterocycles. The van der Waals surface area contributed by atoms with Crippen LogP contribution >= 0.6 is 0 Å². The van der Waals surface area contributed by atoms with E-state index in [4.69, 9.17) is 0 Å². The first kappa shape index (κ1) is 18.7. The summed E-state index contributed by atoms with van der Waals surface area (Å²) in [6.07, 6.45) is 4.01. The highest BCUT2D eigenvalue weighted by atomic mass is 19.1. The second-order valence-corrected chi connectivity index (χ2v) is 7.84. The van der Waals surface area contributed by atoms with Gasteiger partial charge in [-0.25, -0.2) is 9.37 Å². The molecule has 0 spiro atoms. The summed E-state index contributed by atoms with van der Waals surface area (Å²) in [4.78, 5) is 33.6. The molecule has 1 aromatic carbocycles. The Bertz CT molecular complexity index is 890. The molecule has 1 unspecified atom stereocenters. The van der Waals surface area contributed by atoms with Crippen molar-refractivity contribution < 1.29 is 14.0 Å². The van der Waals surface area contributed by atoms with Gasteiger partial charge in [-0.1, -0.05) is 13.8 Å². The van der Waals surface area contributed by atoms with Gasteiger partial charge in [-0.2, -0.15) is 0 Å². The molecule has 0 aliphatic carbocycles. The molecule has 1 atom stereocenters. The van der Waals surface area contributed by atoms with Crippen LogP contribution in [-0.4, -0.2) is 50.3 Å². The zero-order valence-electron chi connectivity index (χ0n) is 16.3. The van der Waals surface area contributed by atoms with Crippen molar-refractivity contribution in [3.05, 3.63) is 47.8 Å². The van der Waals surface area contributed by atoms with Crippen LogP contribution in [0.15, 0.2) is 30.6 Å². The first-order valence-corrected chi connectivity index (χ1v) is 9.86. The fourth-order valence-electron chi connectivity index (χ4n) is 4.15. The normalized spacial score (nSPS) is 19.2. The van der Waals surface area contributed by atoms with Crippen LogP contribution < -0.4 is 0 Å². The van der Waals surface area contributed by atoms with E-state index in [1.807, 2.05) is 23.3 Å². The van der Waals surface area contributed by atoms with E-state index in [1.165, 1.54) is 12.1 Å². The Labute approximate surface area is 164 Å². The summed E-state index contributed by atoms with van der Waals surface area (Å²) in [7, 11) is 0. The van der Waals surface area contributed by atoms with Crippen molar-refractivity contribution >= 4 is 11.8 Å². The van der Waals surface area contributed by atoms with Crippen LogP contribution in [-0.2, 0) is 22.6 Å². The lowest BCUT2D eigenvalue weighted by molar-refractivity contribution is -0.146. The smallest absolute Gasteiger partial charge is 0.245 e. The molecule has 4 rings (SSSR count). The van der Waals surface area contributed by atoms with Crippen LogP contribution in [0.4, 0.5) is 4.39 Å². The third kappa shape index (κ3) is 3.30. The number of carbonyl (C=O) groups is 2. The molecule has 0 bridgehead atoms. The van der Waals surface area contributed by atoms with Crippen LogP contribution in [0.2, 0.25) is 0 Å². The number of carbonyl (C=O) groups excluding carboxylic acids is 2. The topological polar surface area (TPSA) is 58.4 Å². The highest BCUT2D eigenvalue weighted by Gasteiger charge is 2.38. The molecule has 148 valence electrons. The van der Waals surface area contributed by atoms with Gasteiger partial charge < -0.3 is 14.4 Å². The first-order valence-electron chi connectivity index (χ1n) is 9.86. The molecular weight excluding hydrogens is 359 g/mol. The SMILES string of the molecule is CC(C)C(=O)N1CCCC1C(=O)N1CCc2c(ncn2-c2ccc(F)cc2)C1. The molecule has 1 fully saturated rings. The van der Waals surface area contributed by atoms with E-state index in [2.05, 4.69) is 4.98 Å². The van der Waals surface area contributed by atoms with Crippen LogP contribution in [0.5, 0.6) is 0 Å². The number of aromatic nitrogens is 2. The zero-order chi connectivity index (χ0) is 19.8. The molecule has 2 aliphatic heterocycles. The average molecular weight is 384 g/mol. The second kappa shape index (κ2) is 7.37. The van der Waals surface area contributed by atoms with Crippen molar-refractivity contribution in [1.82, 2.24) is 19.4 Å². The highest BCUT2D eigenvalue weighted by molar-refractivity contribution is 5.89. The molecule has 0 saturated carbocycles. The van der Waals surface area contributed by atoms with E-state index < -0.39 is 0 Å². The number of hydrogen-bond acceptors (Lipinski definition) is 3. The number of amides is 2. The lowest BCUT2D eigenvalue weighted by Crippen LogP contribution is -2.50. The molecule has 2 aliphatic rings. The van der Waals surface area contributed by atoms with Gasteiger partial charge in [-0.05, 0) is 37.1 Å². The van der Waals surface area contributed by atoms with Crippen molar-refractivity contribution in [2.45, 2.75) is 45.7 Å². The minimum Gasteiger partial charge on any atom is -0.335 e. The Hall–Kier alpha value is -2.70. The molecule has 2 amide bonds. The zero-order valence-corrected chi connectivity index (χ0v) is 16.3. The number of benzene rings is 1. The molecule has 2 aromatic rings. The Morgan fingerprint density at radius 2 is 1.93 bits per heavy atom. The van der Waals surface area contributed by atoms with E-state index in [-0.39, 0.29) is 29.6 Å². The average Bonchev–Trinajstić information content (AvgIpc) is 3.34. The van der Waals surface area contributed by atoms with Gasteiger partial charge in [0.15, 0.2) is 0 Å². The third-order valence-corrected chi connectivity index (χ3v) is 5.64. The maximum atomic E-state index is 13.2. The predicted octanol–water partition coefficient (Wildman–Crippen LogP) is 2.54. The molecule has 6 nitrogen and oxygen atoms in total. The van der Waals surface area contributed by atoms with Crippen molar-refractivity contribution in [3.8, 4) is 5.69 Å². The number of halogens is 1. The van der Waals surface area contributed by atoms with Crippen molar-refractivity contribution in [3.63, 3.8) is 0 Å². The monoisotopic (exact) mass is 384 g/mol. The van der Waals surface area contributed by atoms with Crippen LogP contribution in [0.25, 0.3) is 5.69 Å². The molecule has 1 saturated heterocycles. The second-order valence-electron chi connectivity index (χ2n) is 7.84. The molecule has 3 heterocycles. The lowest BCUT2D eigenvalue weighted by Gasteiger charge is -2.33. The molecule has 28 heavy (non-hydrogen) atoms. The summed E-state index contributed by atoms with van der Waals surface area (Å²) >= 11 is 0. The van der Waals surface area contributed by atoms with E-state index in [0.29, 0.717) is 26.1 Å². The molecule has 7 heteroatoms. The van der Waals surface area contributed by atoms with Crippen LogP contribution in [0, 0.1) is 11.7 Å². The fraction of sp³-hybridized carbons (Fsp3) is 0.476. The van der Waals surface area contributed by atoms with Gasteiger partial charge in [0.2, 0.25) is 11.8 Å². The van der Waals surface area contributed by atoms with Crippen molar-refractivity contribution in [2.24, 2.45) is 5.92 Å². The van der Waals surface area contributed by atoms with Crippen LogP contribution in [0.3, 0.4) is 0 Å². The number of nitrogens with zero attached hydrogens (tertiary/aromatic N) is 4. The molecule has 0 N–H and O–H groups in total. The van der Waals surface area contributed by atoms with Crippen LogP contribution in [0.1, 0.15) is 38.1 Å². The largest absolute Gasteiger partial charge is 0.335 e. The Kier molecular flexibility index (Phi) is 4.91. The van der Waals surface area contributed by atoms with Gasteiger partial charge in [0.25, 0.3) is 0 Å². The van der Waals surface area contributed by atoms with Gasteiger partial charge in [0.1, 0.15) is 11.9 Å². The molecular formula is C21H25FN4O2. The summed E-state index contributed by atoms with van der Waals surface area (Å²) in [5, 5.41) is 0. The lowest BCUT2D eigenvalue weighted by atomic mass is 10.1. The predicted molar refractivity (Wildman–Crippen MR) is 102 cm³/mol. The van der Waals surface area contributed by atoms with E-state index in [9.17, 15) is 14.0 Å². The quantitative estimate of drug-likeness (QED) is 0.817. The minimum absolute atomic E-state index is 0.0217. The van der Waals surface area contributed by atoms with E-state index >= 15 is 0 Å². The Morgan fingerprint density at radius 1 is 1.18 bits per heavy atom. The number of rotatable bonds is 3. The number of likely N-dealkylation sites (tertiary alicyclic amines) is 1. The number of imidazole rings is 1. The van der Waals surface area contributed by atoms with Gasteiger partial charge in [0.05, 0.1) is 18.6 Å². The third-order valence-electron chi connectivity index (χ3n) is 5.64. The summed E-state index contributed by atoms with van der Waals surface area (Å²) in [6.45, 7) is 5.45. The minimum atomic E-state index is -0.351. The highest BCUT2D eigenvalue weighted by Crippen LogP contribution is 2.26. The van der Waals surface area contributed by atoms with Crippen molar-refractivity contribution in [2.75, 3.05) is 13.1 Å². The first-order chi connectivity index (χ1) is 13.5. The number of fused-ring (bicyclic) bond motifs is 1. The molecule has 0 radical (unpaired) electrons. The van der Waals surface area contributed by atoms with E-state index in [0.717, 1.165) is 29.9 Å². The van der Waals surface area contributed by atoms with Gasteiger partial charge in [0, 0.05) is 36.8 Å². The Morgan fingerprint density at radius 3 is 2.64 bits per heavy atom. The van der Waals surface area contributed by atoms with Gasteiger partial charge >= 0.3 is 0 Å². The Balaban J connectivity index is 1.51. The summed E-state index contributed by atoms with van der Waals surface area (Å²) in [5.74, 6) is -0.304. The number of hydrogen-bond donors (Lipinski definition) is 0. The summed E-state index contributed by atoms with van der Waals surface area (Å²) < 4.78 is 15.2. The maximum absolute atomic E-state index is 13.2. The van der Waals surface area contributed by atoms with E-state index in [1.54, 1.807) is 23.4 Å². The fourth-order valence-corrected chi connectivity index (χ4v) is 4.15.